The van der Waals surface area contributed by atoms with Crippen molar-refractivity contribution in [2.24, 2.45) is 0 Å². The molecule has 0 radical (unpaired) electrons. The van der Waals surface area contributed by atoms with E-state index in [1.807, 2.05) is 44.2 Å². The van der Waals surface area contributed by atoms with Crippen molar-refractivity contribution in [3.63, 3.8) is 0 Å². The first-order valence-corrected chi connectivity index (χ1v) is 5.85. The fourth-order valence-corrected chi connectivity index (χ4v) is 1.17. The van der Waals surface area contributed by atoms with Gasteiger partial charge in [-0.3, -0.25) is 0 Å². The summed E-state index contributed by atoms with van der Waals surface area (Å²) in [7, 11) is 0. The van der Waals surface area contributed by atoms with Crippen LogP contribution in [-0.4, -0.2) is 6.61 Å². The second kappa shape index (κ2) is 9.79. The van der Waals surface area contributed by atoms with E-state index in [1.165, 1.54) is 0 Å². The standard InChI is InChI=1S/C15H20OS/c1-5-8-10-14(7-3)12-16-15(9-6-2)11-13(4)17/h5-11,17H,1-2,12H2,3-4H3/b10-8-,13-11+,14-7+,15-9+. The molecule has 0 aliphatic carbocycles. The highest BCUT2D eigenvalue weighted by Gasteiger charge is 1.96. The van der Waals surface area contributed by atoms with E-state index in [0.29, 0.717) is 6.61 Å². The third-order valence-electron chi connectivity index (χ3n) is 1.86. The quantitative estimate of drug-likeness (QED) is 0.394. The van der Waals surface area contributed by atoms with E-state index >= 15 is 0 Å². The maximum atomic E-state index is 5.65. The van der Waals surface area contributed by atoms with Crippen molar-refractivity contribution in [3.05, 3.63) is 71.9 Å². The average molecular weight is 248 g/mol. The van der Waals surface area contributed by atoms with Crippen LogP contribution in [0.5, 0.6) is 0 Å². The first kappa shape index (κ1) is 15.6. The van der Waals surface area contributed by atoms with E-state index < -0.39 is 0 Å². The van der Waals surface area contributed by atoms with Gasteiger partial charge in [-0.1, -0.05) is 43.5 Å². The van der Waals surface area contributed by atoms with Crippen molar-refractivity contribution >= 4 is 12.6 Å². The van der Waals surface area contributed by atoms with Crippen LogP contribution in [0.15, 0.2) is 71.9 Å². The molecule has 0 unspecified atom stereocenters. The van der Waals surface area contributed by atoms with Crippen LogP contribution < -0.4 is 0 Å². The van der Waals surface area contributed by atoms with Gasteiger partial charge in [0.15, 0.2) is 0 Å². The van der Waals surface area contributed by atoms with E-state index in [2.05, 4.69) is 25.8 Å². The molecular weight excluding hydrogens is 228 g/mol. The molecule has 17 heavy (non-hydrogen) atoms. The van der Waals surface area contributed by atoms with Crippen LogP contribution in [0.2, 0.25) is 0 Å². The first-order chi connectivity index (χ1) is 8.13. The van der Waals surface area contributed by atoms with E-state index in [-0.39, 0.29) is 0 Å². The van der Waals surface area contributed by atoms with Gasteiger partial charge >= 0.3 is 0 Å². The zero-order valence-electron chi connectivity index (χ0n) is 10.5. The molecule has 0 saturated heterocycles. The first-order valence-electron chi connectivity index (χ1n) is 5.41. The van der Waals surface area contributed by atoms with Crippen LogP contribution in [0.1, 0.15) is 13.8 Å². The maximum Gasteiger partial charge on any atom is 0.120 e. The lowest BCUT2D eigenvalue weighted by molar-refractivity contribution is 0.255. The number of thiol groups is 1. The molecule has 0 aromatic rings. The summed E-state index contributed by atoms with van der Waals surface area (Å²) in [4.78, 5) is 0.891. The van der Waals surface area contributed by atoms with Crippen molar-refractivity contribution in [2.75, 3.05) is 6.61 Å². The summed E-state index contributed by atoms with van der Waals surface area (Å²) in [6, 6.07) is 0. The summed E-state index contributed by atoms with van der Waals surface area (Å²) in [5, 5.41) is 0. The van der Waals surface area contributed by atoms with Crippen LogP contribution in [0.3, 0.4) is 0 Å². The smallest absolute Gasteiger partial charge is 0.120 e. The molecule has 0 aliphatic heterocycles. The summed E-state index contributed by atoms with van der Waals surface area (Å²) >= 11 is 4.22. The molecular formula is C15H20OS. The van der Waals surface area contributed by atoms with Gasteiger partial charge in [0.05, 0.1) is 0 Å². The van der Waals surface area contributed by atoms with Gasteiger partial charge in [-0.15, -0.1) is 12.6 Å². The van der Waals surface area contributed by atoms with E-state index in [0.717, 1.165) is 16.2 Å². The minimum atomic E-state index is 0.512. The van der Waals surface area contributed by atoms with Crippen molar-refractivity contribution in [1.82, 2.24) is 0 Å². The Morgan fingerprint density at radius 3 is 2.47 bits per heavy atom. The second-order valence-corrected chi connectivity index (χ2v) is 4.04. The van der Waals surface area contributed by atoms with E-state index in [9.17, 15) is 0 Å². The zero-order chi connectivity index (χ0) is 13.1. The Morgan fingerprint density at radius 2 is 2.00 bits per heavy atom. The third-order valence-corrected chi connectivity index (χ3v) is 1.99. The normalized spacial score (nSPS) is 13.9. The molecule has 0 saturated carbocycles. The largest absolute Gasteiger partial charge is 0.489 e. The molecule has 0 N–H and O–H groups in total. The minimum Gasteiger partial charge on any atom is -0.489 e. The third kappa shape index (κ3) is 8.40. The molecule has 2 heteroatoms. The Morgan fingerprint density at radius 1 is 1.29 bits per heavy atom. The number of hydrogen-bond acceptors (Lipinski definition) is 2. The molecule has 0 spiro atoms. The molecule has 0 amide bonds. The highest BCUT2D eigenvalue weighted by Crippen LogP contribution is 2.10. The summed E-state index contributed by atoms with van der Waals surface area (Å²) in [5.74, 6) is 0.749. The Kier molecular flexibility index (Phi) is 8.98. The Bertz CT molecular complexity index is 366. The van der Waals surface area contributed by atoms with Crippen LogP contribution in [0, 0.1) is 0 Å². The molecule has 0 atom stereocenters. The molecule has 0 aliphatic rings. The fraction of sp³-hybridized carbons (Fsp3) is 0.200. The summed E-state index contributed by atoms with van der Waals surface area (Å²) in [6.45, 7) is 11.7. The van der Waals surface area contributed by atoms with Gasteiger partial charge in [-0.05, 0) is 36.5 Å². The Hall–Kier alpha value is -1.41. The van der Waals surface area contributed by atoms with Crippen molar-refractivity contribution in [2.45, 2.75) is 13.8 Å². The minimum absolute atomic E-state index is 0.512. The number of allylic oxidation sites excluding steroid dienone is 7. The highest BCUT2D eigenvalue weighted by atomic mass is 32.1. The second-order valence-electron chi connectivity index (χ2n) is 3.34. The lowest BCUT2D eigenvalue weighted by atomic mass is 10.2. The molecule has 0 rings (SSSR count). The monoisotopic (exact) mass is 248 g/mol. The van der Waals surface area contributed by atoms with Gasteiger partial charge in [0.1, 0.15) is 12.4 Å². The van der Waals surface area contributed by atoms with Crippen LogP contribution >= 0.6 is 12.6 Å². The number of hydrogen-bond donors (Lipinski definition) is 1. The van der Waals surface area contributed by atoms with Crippen molar-refractivity contribution in [3.8, 4) is 0 Å². The van der Waals surface area contributed by atoms with E-state index in [4.69, 9.17) is 4.74 Å². The summed E-state index contributed by atoms with van der Waals surface area (Å²) in [5.41, 5.74) is 1.09. The van der Waals surface area contributed by atoms with Gasteiger partial charge in [-0.25, -0.2) is 0 Å². The molecule has 92 valence electrons. The molecule has 0 fully saturated rings. The molecule has 0 aromatic heterocycles. The van der Waals surface area contributed by atoms with Gasteiger partial charge in [0, 0.05) is 0 Å². The fourth-order valence-electron chi connectivity index (χ4n) is 1.05. The zero-order valence-corrected chi connectivity index (χ0v) is 11.4. The molecule has 0 bridgehead atoms. The van der Waals surface area contributed by atoms with Gasteiger partial charge in [0.25, 0.3) is 0 Å². The van der Waals surface area contributed by atoms with Crippen LogP contribution in [-0.2, 0) is 4.74 Å². The predicted octanol–water partition coefficient (Wildman–Crippen LogP) is 4.60. The average Bonchev–Trinajstić information content (AvgIpc) is 2.28. The topological polar surface area (TPSA) is 9.23 Å². The molecule has 0 heterocycles. The molecule has 0 aromatic carbocycles. The Balaban J connectivity index is 4.55. The van der Waals surface area contributed by atoms with Gasteiger partial charge in [-0.2, -0.15) is 0 Å². The lowest BCUT2D eigenvalue weighted by Gasteiger charge is -2.07. The van der Waals surface area contributed by atoms with E-state index in [1.54, 1.807) is 12.2 Å². The predicted molar refractivity (Wildman–Crippen MR) is 80.1 cm³/mol. The number of rotatable bonds is 7. The maximum absolute atomic E-state index is 5.65. The summed E-state index contributed by atoms with van der Waals surface area (Å²) in [6.07, 6.45) is 13.0. The van der Waals surface area contributed by atoms with Crippen LogP contribution in [0.25, 0.3) is 0 Å². The number of ether oxygens (including phenoxy) is 1. The summed E-state index contributed by atoms with van der Waals surface area (Å²) < 4.78 is 5.65. The SMILES string of the molecule is C=C/C=C\C(=C/C)COC(/C=C(\C)S)=C/C=C. The lowest BCUT2D eigenvalue weighted by Crippen LogP contribution is -1.95. The molecule has 1 nitrogen and oxygen atoms in total. The van der Waals surface area contributed by atoms with Crippen LogP contribution in [0.4, 0.5) is 0 Å². The highest BCUT2D eigenvalue weighted by molar-refractivity contribution is 7.84. The van der Waals surface area contributed by atoms with Crippen molar-refractivity contribution < 1.29 is 4.74 Å². The van der Waals surface area contributed by atoms with Gasteiger partial charge in [0.2, 0.25) is 0 Å². The van der Waals surface area contributed by atoms with Gasteiger partial charge < -0.3 is 4.74 Å². The Labute approximate surface area is 110 Å². The van der Waals surface area contributed by atoms with Crippen molar-refractivity contribution in [1.29, 1.82) is 0 Å².